The normalized spacial score (nSPS) is 18.0. The van der Waals surface area contributed by atoms with E-state index in [0.717, 1.165) is 27.6 Å². The maximum Gasteiger partial charge on any atom is 0.227 e. The van der Waals surface area contributed by atoms with E-state index in [1.54, 1.807) is 16.7 Å². The lowest BCUT2D eigenvalue weighted by Gasteiger charge is -2.19. The molecule has 0 spiro atoms. The van der Waals surface area contributed by atoms with Crippen molar-refractivity contribution in [3.05, 3.63) is 48.0 Å². The molecule has 1 saturated heterocycles. The van der Waals surface area contributed by atoms with Gasteiger partial charge in [0.15, 0.2) is 11.5 Å². The summed E-state index contributed by atoms with van der Waals surface area (Å²) >= 11 is 1.66. The number of carbonyl (C=O) groups is 2. The molecule has 2 aromatic carbocycles. The van der Waals surface area contributed by atoms with Crippen LogP contribution < -0.4 is 19.7 Å². The van der Waals surface area contributed by atoms with Crippen molar-refractivity contribution in [2.24, 2.45) is 5.92 Å². The number of nitrogens with zero attached hydrogens (tertiary/aromatic N) is 1. The fraction of sp³-hybridized carbons (Fsp3) is 0.364. The summed E-state index contributed by atoms with van der Waals surface area (Å²) in [6, 6.07) is 13.7. The minimum absolute atomic E-state index is 0.00566. The Bertz CT molecular complexity index is 900. The number of anilines is 1. The van der Waals surface area contributed by atoms with Crippen LogP contribution in [0.15, 0.2) is 47.4 Å². The molecule has 0 aliphatic carbocycles. The first-order valence-electron chi connectivity index (χ1n) is 9.74. The molecule has 0 bridgehead atoms. The number of amides is 2. The molecule has 2 amide bonds. The maximum absolute atomic E-state index is 12.6. The molecule has 0 aromatic heterocycles. The van der Waals surface area contributed by atoms with Crippen LogP contribution in [0.2, 0.25) is 0 Å². The summed E-state index contributed by atoms with van der Waals surface area (Å²) in [5.41, 5.74) is 1.92. The lowest BCUT2D eigenvalue weighted by atomic mass is 10.1. The smallest absolute Gasteiger partial charge is 0.227 e. The first-order valence-corrected chi connectivity index (χ1v) is 11.0. The number of carbonyl (C=O) groups excluding carboxylic acids is 2. The molecule has 1 atom stereocenters. The van der Waals surface area contributed by atoms with Crippen LogP contribution in [0.4, 0.5) is 5.69 Å². The Morgan fingerprint density at radius 3 is 2.66 bits per heavy atom. The molecule has 1 N–H and O–H groups in total. The van der Waals surface area contributed by atoms with Crippen LogP contribution in [0, 0.1) is 5.92 Å². The van der Waals surface area contributed by atoms with Gasteiger partial charge in [0.1, 0.15) is 13.2 Å². The monoisotopic (exact) mass is 412 g/mol. The number of hydrogen-bond donors (Lipinski definition) is 1. The summed E-state index contributed by atoms with van der Waals surface area (Å²) in [5, 5.41) is 2.97. The average molecular weight is 413 g/mol. The highest BCUT2D eigenvalue weighted by molar-refractivity contribution is 7.98. The Morgan fingerprint density at radius 1 is 1.14 bits per heavy atom. The lowest BCUT2D eigenvalue weighted by Crippen LogP contribution is -2.34. The van der Waals surface area contributed by atoms with Gasteiger partial charge in [0.2, 0.25) is 11.8 Å². The second-order valence-corrected chi connectivity index (χ2v) is 8.00. The Balaban J connectivity index is 1.29. The van der Waals surface area contributed by atoms with Crippen LogP contribution in [-0.2, 0) is 16.0 Å². The quantitative estimate of drug-likeness (QED) is 0.739. The van der Waals surface area contributed by atoms with Gasteiger partial charge >= 0.3 is 0 Å². The molecule has 152 valence electrons. The predicted octanol–water partition coefficient (Wildman–Crippen LogP) is 2.89. The van der Waals surface area contributed by atoms with Gasteiger partial charge in [0, 0.05) is 30.1 Å². The van der Waals surface area contributed by atoms with Crippen molar-refractivity contribution in [3.63, 3.8) is 0 Å². The van der Waals surface area contributed by atoms with Gasteiger partial charge in [-0.05, 0) is 54.6 Å². The van der Waals surface area contributed by atoms with Crippen molar-refractivity contribution in [2.75, 3.05) is 37.5 Å². The third-order valence-electron chi connectivity index (χ3n) is 5.20. The molecular weight excluding hydrogens is 388 g/mol. The second-order valence-electron chi connectivity index (χ2n) is 7.12. The number of fused-ring (bicyclic) bond motifs is 1. The molecule has 1 fully saturated rings. The minimum Gasteiger partial charge on any atom is -0.486 e. The second kappa shape index (κ2) is 8.78. The molecule has 6 nitrogen and oxygen atoms in total. The van der Waals surface area contributed by atoms with Crippen molar-refractivity contribution < 1.29 is 19.1 Å². The lowest BCUT2D eigenvalue weighted by molar-refractivity contribution is -0.126. The standard InChI is InChI=1S/C22H24N2O4S/c1-29-18-5-3-17(4-6-18)24-14-16(13-21(24)25)22(26)23-9-8-15-2-7-19-20(12-15)28-11-10-27-19/h2-7,12,16H,8-11,13-14H2,1H3,(H,23,26)/t16-/m0/s1. The van der Waals surface area contributed by atoms with E-state index in [4.69, 9.17) is 9.47 Å². The molecule has 0 unspecified atom stereocenters. The Morgan fingerprint density at radius 2 is 1.90 bits per heavy atom. The van der Waals surface area contributed by atoms with E-state index >= 15 is 0 Å². The van der Waals surface area contributed by atoms with E-state index in [1.807, 2.05) is 48.7 Å². The van der Waals surface area contributed by atoms with Crippen LogP contribution in [0.25, 0.3) is 0 Å². The Hall–Kier alpha value is -2.67. The number of rotatable bonds is 6. The number of benzene rings is 2. The summed E-state index contributed by atoms with van der Waals surface area (Å²) < 4.78 is 11.1. The third-order valence-corrected chi connectivity index (χ3v) is 5.94. The topological polar surface area (TPSA) is 67.9 Å². The Kier molecular flexibility index (Phi) is 5.94. The van der Waals surface area contributed by atoms with E-state index in [2.05, 4.69) is 5.32 Å². The molecule has 2 aliphatic rings. The summed E-state index contributed by atoms with van der Waals surface area (Å²) in [7, 11) is 0. The minimum atomic E-state index is -0.317. The summed E-state index contributed by atoms with van der Waals surface area (Å²) in [4.78, 5) is 27.8. The Labute approximate surface area is 174 Å². The van der Waals surface area contributed by atoms with Gasteiger partial charge in [-0.2, -0.15) is 0 Å². The zero-order valence-electron chi connectivity index (χ0n) is 16.3. The van der Waals surface area contributed by atoms with Gasteiger partial charge in [0.05, 0.1) is 5.92 Å². The van der Waals surface area contributed by atoms with Crippen LogP contribution in [0.5, 0.6) is 11.5 Å². The van der Waals surface area contributed by atoms with Crippen molar-refractivity contribution in [2.45, 2.75) is 17.7 Å². The van der Waals surface area contributed by atoms with Gasteiger partial charge in [-0.3, -0.25) is 9.59 Å². The summed E-state index contributed by atoms with van der Waals surface area (Å²) in [6.45, 7) is 2.07. The number of nitrogens with one attached hydrogen (secondary N) is 1. The molecule has 2 heterocycles. The summed E-state index contributed by atoms with van der Waals surface area (Å²) in [6.07, 6.45) is 2.96. The van der Waals surface area contributed by atoms with E-state index in [9.17, 15) is 9.59 Å². The zero-order valence-corrected chi connectivity index (χ0v) is 17.2. The van der Waals surface area contributed by atoms with Gasteiger partial charge in [-0.1, -0.05) is 6.07 Å². The fourth-order valence-electron chi connectivity index (χ4n) is 3.61. The van der Waals surface area contributed by atoms with Crippen LogP contribution in [0.1, 0.15) is 12.0 Å². The summed E-state index contributed by atoms with van der Waals surface area (Å²) in [5.74, 6) is 1.12. The van der Waals surface area contributed by atoms with Crippen LogP contribution in [-0.4, -0.2) is 44.4 Å². The highest BCUT2D eigenvalue weighted by atomic mass is 32.2. The van der Waals surface area contributed by atoms with E-state index in [1.165, 1.54) is 0 Å². The molecule has 0 radical (unpaired) electrons. The average Bonchev–Trinajstić information content (AvgIpc) is 3.15. The first-order chi connectivity index (χ1) is 14.1. The van der Waals surface area contributed by atoms with Crippen LogP contribution in [0.3, 0.4) is 0 Å². The molecule has 4 rings (SSSR count). The van der Waals surface area contributed by atoms with Crippen LogP contribution >= 0.6 is 11.8 Å². The molecule has 29 heavy (non-hydrogen) atoms. The van der Waals surface area contributed by atoms with Gasteiger partial charge in [-0.15, -0.1) is 11.8 Å². The number of thioether (sulfide) groups is 1. The van der Waals surface area contributed by atoms with Gasteiger partial charge in [0.25, 0.3) is 0 Å². The van der Waals surface area contributed by atoms with Crippen molar-refractivity contribution in [1.29, 1.82) is 0 Å². The maximum atomic E-state index is 12.6. The van der Waals surface area contributed by atoms with Gasteiger partial charge < -0.3 is 19.7 Å². The van der Waals surface area contributed by atoms with Gasteiger partial charge in [-0.25, -0.2) is 0 Å². The third kappa shape index (κ3) is 4.50. The SMILES string of the molecule is CSc1ccc(N2C[C@@H](C(=O)NCCc3ccc4c(c3)OCCO4)CC2=O)cc1. The van der Waals surface area contributed by atoms with Crippen molar-refractivity contribution >= 4 is 29.3 Å². The molecule has 7 heteroatoms. The van der Waals surface area contributed by atoms with E-state index < -0.39 is 0 Å². The predicted molar refractivity (Wildman–Crippen MR) is 113 cm³/mol. The molecule has 2 aliphatic heterocycles. The first kappa shape index (κ1) is 19.6. The molecular formula is C22H24N2O4S. The number of hydrogen-bond acceptors (Lipinski definition) is 5. The highest BCUT2D eigenvalue weighted by Gasteiger charge is 2.34. The van der Waals surface area contributed by atoms with Crippen molar-refractivity contribution in [1.82, 2.24) is 5.32 Å². The highest BCUT2D eigenvalue weighted by Crippen LogP contribution is 2.31. The molecule has 0 saturated carbocycles. The van der Waals surface area contributed by atoms with Crippen molar-refractivity contribution in [3.8, 4) is 11.5 Å². The largest absolute Gasteiger partial charge is 0.486 e. The van der Waals surface area contributed by atoms with E-state index in [-0.39, 0.29) is 24.2 Å². The van der Waals surface area contributed by atoms with E-state index in [0.29, 0.717) is 32.7 Å². The number of ether oxygens (including phenoxy) is 2. The zero-order chi connectivity index (χ0) is 20.2. The molecule has 2 aromatic rings. The fourth-order valence-corrected chi connectivity index (χ4v) is 4.02.